The van der Waals surface area contributed by atoms with Crippen LogP contribution >= 0.6 is 0 Å². The van der Waals surface area contributed by atoms with Gasteiger partial charge >= 0.3 is 0 Å². The number of ether oxygens (including phenoxy) is 3. The first-order valence-electron chi connectivity index (χ1n) is 11.7. The van der Waals surface area contributed by atoms with Crippen LogP contribution in [0.3, 0.4) is 0 Å². The number of nitrogens with zero attached hydrogens (tertiary/aromatic N) is 1. The molecule has 2 N–H and O–H groups in total. The second kappa shape index (κ2) is 11.7. The van der Waals surface area contributed by atoms with Gasteiger partial charge in [-0.15, -0.1) is 0 Å². The Kier molecular flexibility index (Phi) is 8.20. The molecule has 188 valence electrons. The number of methoxy groups -OCH3 is 1. The minimum Gasteiger partial charge on any atom is -0.497 e. The van der Waals surface area contributed by atoms with Gasteiger partial charge < -0.3 is 19.3 Å². The number of amides is 1. The first-order chi connectivity index (χ1) is 17.6. The van der Waals surface area contributed by atoms with Crippen molar-refractivity contribution in [3.05, 3.63) is 95.6 Å². The van der Waals surface area contributed by atoms with Crippen molar-refractivity contribution in [3.8, 4) is 11.5 Å². The lowest BCUT2D eigenvalue weighted by atomic mass is 9.82. The second-order valence-corrected chi connectivity index (χ2v) is 8.36. The standard InChI is InChI=1S/C28H30N2O6/c1-33-24-11-6-10-22(18-24)25-28(27(32)30-34-2,19-20-8-4-3-5-9-20)29-26(36-25)21-12-14-23(15-13-21)35-17-7-16-31/h3-6,8-15,18,25,31H,7,16-17,19H2,1-2H3,(H,30,32)/t25-,28-/m0/s1. The maximum atomic E-state index is 13.6. The Hall–Kier alpha value is -3.88. The summed E-state index contributed by atoms with van der Waals surface area (Å²) in [6.45, 7) is 0.490. The van der Waals surface area contributed by atoms with Gasteiger partial charge in [0, 0.05) is 25.0 Å². The number of aliphatic hydroxyl groups is 1. The first-order valence-corrected chi connectivity index (χ1v) is 11.7. The summed E-state index contributed by atoms with van der Waals surface area (Å²) < 4.78 is 17.5. The molecule has 0 saturated carbocycles. The van der Waals surface area contributed by atoms with E-state index in [-0.39, 0.29) is 13.0 Å². The van der Waals surface area contributed by atoms with Gasteiger partial charge in [0.15, 0.2) is 11.6 Å². The molecule has 2 atom stereocenters. The van der Waals surface area contributed by atoms with Crippen molar-refractivity contribution in [2.75, 3.05) is 27.4 Å². The third kappa shape index (κ3) is 5.50. The SMILES string of the molecule is CONC(=O)[C@@]1(Cc2ccccc2)N=C(c2ccc(OCCCO)cc2)O[C@H]1c1cccc(OC)c1. The highest BCUT2D eigenvalue weighted by molar-refractivity contribution is 6.01. The van der Waals surface area contributed by atoms with Gasteiger partial charge in [-0.25, -0.2) is 10.5 Å². The molecule has 0 aliphatic carbocycles. The summed E-state index contributed by atoms with van der Waals surface area (Å²) >= 11 is 0. The van der Waals surface area contributed by atoms with Gasteiger partial charge in [-0.05, 0) is 47.5 Å². The zero-order valence-electron chi connectivity index (χ0n) is 20.3. The monoisotopic (exact) mass is 490 g/mol. The van der Waals surface area contributed by atoms with Crippen molar-refractivity contribution in [1.29, 1.82) is 0 Å². The number of hydrogen-bond donors (Lipinski definition) is 2. The molecular formula is C28H30N2O6. The number of rotatable bonds is 11. The minimum absolute atomic E-state index is 0.0709. The number of carbonyl (C=O) groups excluding carboxylic acids is 1. The lowest BCUT2D eigenvalue weighted by Crippen LogP contribution is -2.49. The predicted molar refractivity (Wildman–Crippen MR) is 135 cm³/mol. The van der Waals surface area contributed by atoms with Crippen LogP contribution in [0.5, 0.6) is 11.5 Å². The van der Waals surface area contributed by atoms with E-state index in [1.165, 1.54) is 7.11 Å². The van der Waals surface area contributed by atoms with Crippen molar-refractivity contribution in [2.45, 2.75) is 24.5 Å². The molecule has 1 heterocycles. The van der Waals surface area contributed by atoms with Crippen LogP contribution in [0, 0.1) is 0 Å². The number of benzene rings is 3. The fourth-order valence-electron chi connectivity index (χ4n) is 4.18. The molecule has 3 aromatic rings. The van der Waals surface area contributed by atoms with Gasteiger partial charge in [0.05, 0.1) is 20.8 Å². The molecule has 0 unspecified atom stereocenters. The molecule has 3 aromatic carbocycles. The van der Waals surface area contributed by atoms with E-state index in [2.05, 4.69) is 5.48 Å². The Balaban J connectivity index is 1.76. The molecule has 4 rings (SSSR count). The van der Waals surface area contributed by atoms with Crippen molar-refractivity contribution in [2.24, 2.45) is 4.99 Å². The van der Waals surface area contributed by atoms with E-state index in [4.69, 9.17) is 29.1 Å². The minimum atomic E-state index is -1.34. The molecule has 8 nitrogen and oxygen atoms in total. The molecule has 1 aliphatic rings. The lowest BCUT2D eigenvalue weighted by molar-refractivity contribution is -0.139. The highest BCUT2D eigenvalue weighted by Gasteiger charge is 2.53. The highest BCUT2D eigenvalue weighted by Crippen LogP contribution is 2.43. The first kappa shape index (κ1) is 25.2. The molecule has 1 aliphatic heterocycles. The zero-order chi connectivity index (χ0) is 25.4. The summed E-state index contributed by atoms with van der Waals surface area (Å²) in [5.41, 5.74) is 3.54. The van der Waals surface area contributed by atoms with E-state index >= 15 is 0 Å². The van der Waals surface area contributed by atoms with Gasteiger partial charge in [-0.2, -0.15) is 0 Å². The van der Waals surface area contributed by atoms with Crippen LogP contribution in [0.1, 0.15) is 29.2 Å². The Bertz CT molecular complexity index is 1180. The van der Waals surface area contributed by atoms with Crippen LogP contribution in [0.25, 0.3) is 0 Å². The summed E-state index contributed by atoms with van der Waals surface area (Å²) in [6, 6.07) is 24.4. The summed E-state index contributed by atoms with van der Waals surface area (Å²) in [4.78, 5) is 23.5. The number of aliphatic imine (C=N–C) groups is 1. The van der Waals surface area contributed by atoms with E-state index in [0.29, 0.717) is 36.0 Å². The van der Waals surface area contributed by atoms with Crippen LogP contribution in [0.15, 0.2) is 83.9 Å². The average molecular weight is 491 g/mol. The molecule has 0 spiro atoms. The molecule has 0 bridgehead atoms. The number of nitrogens with one attached hydrogen (secondary N) is 1. The third-order valence-corrected chi connectivity index (χ3v) is 5.94. The lowest BCUT2D eigenvalue weighted by Gasteiger charge is -2.30. The number of hydrogen-bond acceptors (Lipinski definition) is 7. The van der Waals surface area contributed by atoms with Crippen LogP contribution < -0.4 is 15.0 Å². The van der Waals surface area contributed by atoms with Gasteiger partial charge in [-0.1, -0.05) is 42.5 Å². The van der Waals surface area contributed by atoms with E-state index < -0.39 is 17.6 Å². The Labute approximate surface area is 210 Å². The molecule has 0 aromatic heterocycles. The highest BCUT2D eigenvalue weighted by atomic mass is 16.6. The normalized spacial score (nSPS) is 18.8. The fraction of sp³-hybridized carbons (Fsp3) is 0.286. The summed E-state index contributed by atoms with van der Waals surface area (Å²) in [5, 5.41) is 8.96. The van der Waals surface area contributed by atoms with E-state index in [1.54, 1.807) is 7.11 Å². The van der Waals surface area contributed by atoms with Crippen LogP contribution in [-0.4, -0.2) is 49.9 Å². The van der Waals surface area contributed by atoms with Crippen molar-refractivity contribution >= 4 is 11.8 Å². The van der Waals surface area contributed by atoms with Gasteiger partial charge in [0.1, 0.15) is 11.5 Å². The van der Waals surface area contributed by atoms with Crippen molar-refractivity contribution in [3.63, 3.8) is 0 Å². The van der Waals surface area contributed by atoms with E-state index in [9.17, 15) is 4.79 Å². The molecule has 0 radical (unpaired) electrons. The van der Waals surface area contributed by atoms with Gasteiger partial charge in [0.25, 0.3) is 5.91 Å². The Morgan fingerprint density at radius 1 is 1.03 bits per heavy atom. The molecular weight excluding hydrogens is 460 g/mol. The topological polar surface area (TPSA) is 98.6 Å². The summed E-state index contributed by atoms with van der Waals surface area (Å²) in [5.74, 6) is 1.24. The third-order valence-electron chi connectivity index (χ3n) is 5.94. The van der Waals surface area contributed by atoms with E-state index in [1.807, 2.05) is 78.9 Å². The largest absolute Gasteiger partial charge is 0.497 e. The van der Waals surface area contributed by atoms with Gasteiger partial charge in [0.2, 0.25) is 5.90 Å². The summed E-state index contributed by atoms with van der Waals surface area (Å²) in [6.07, 6.45) is 0.103. The van der Waals surface area contributed by atoms with E-state index in [0.717, 1.165) is 11.1 Å². The molecule has 1 amide bonds. The quantitative estimate of drug-likeness (QED) is 0.315. The maximum absolute atomic E-state index is 13.6. The maximum Gasteiger partial charge on any atom is 0.276 e. The predicted octanol–water partition coefficient (Wildman–Crippen LogP) is 3.63. The summed E-state index contributed by atoms with van der Waals surface area (Å²) in [7, 11) is 2.99. The zero-order valence-corrected chi connectivity index (χ0v) is 20.3. The Morgan fingerprint density at radius 3 is 2.50 bits per heavy atom. The van der Waals surface area contributed by atoms with Crippen molar-refractivity contribution in [1.82, 2.24) is 5.48 Å². The molecule has 0 fully saturated rings. The fourth-order valence-corrected chi connectivity index (χ4v) is 4.18. The molecule has 36 heavy (non-hydrogen) atoms. The number of carbonyl (C=O) groups is 1. The molecule has 8 heteroatoms. The molecule has 0 saturated heterocycles. The van der Waals surface area contributed by atoms with Crippen LogP contribution in [0.4, 0.5) is 0 Å². The second-order valence-electron chi connectivity index (χ2n) is 8.36. The van der Waals surface area contributed by atoms with Crippen LogP contribution in [-0.2, 0) is 20.8 Å². The van der Waals surface area contributed by atoms with Gasteiger partial charge in [-0.3, -0.25) is 9.63 Å². The number of aliphatic hydroxyl groups excluding tert-OH is 1. The van der Waals surface area contributed by atoms with Crippen molar-refractivity contribution < 1.29 is 28.9 Å². The smallest absolute Gasteiger partial charge is 0.276 e. The Morgan fingerprint density at radius 2 is 1.81 bits per heavy atom. The number of hydroxylamine groups is 1. The average Bonchev–Trinajstić information content (AvgIpc) is 3.30. The van der Waals surface area contributed by atoms with Crippen LogP contribution in [0.2, 0.25) is 0 Å².